The van der Waals surface area contributed by atoms with E-state index < -0.39 is 0 Å². The number of methoxy groups -OCH3 is 1. The fourth-order valence-electron chi connectivity index (χ4n) is 7.22. The molecule has 6 rings (SSSR count). The third-order valence-electron chi connectivity index (χ3n) is 8.01. The third kappa shape index (κ3) is 3.57. The normalized spacial score (nSPS) is 36.9. The predicted molar refractivity (Wildman–Crippen MR) is 115 cm³/mol. The van der Waals surface area contributed by atoms with Gasteiger partial charge in [-0.2, -0.15) is 0 Å². The van der Waals surface area contributed by atoms with E-state index >= 15 is 0 Å². The Labute approximate surface area is 179 Å². The van der Waals surface area contributed by atoms with Gasteiger partial charge in [-0.15, -0.1) is 11.6 Å². The lowest BCUT2D eigenvalue weighted by atomic mass is 9.49. The molecule has 4 saturated carbocycles. The summed E-state index contributed by atoms with van der Waals surface area (Å²) in [7, 11) is 1.73. The smallest absolute Gasteiger partial charge is 0.226 e. The zero-order chi connectivity index (χ0) is 20.1. The van der Waals surface area contributed by atoms with Gasteiger partial charge in [0, 0.05) is 17.0 Å². The summed E-state index contributed by atoms with van der Waals surface area (Å²) in [5.74, 6) is 2.44. The summed E-state index contributed by atoms with van der Waals surface area (Å²) in [4.78, 5) is 15.9. The van der Waals surface area contributed by atoms with Gasteiger partial charge in [0.05, 0.1) is 18.6 Å². The van der Waals surface area contributed by atoms with Gasteiger partial charge < -0.3 is 10.1 Å². The van der Waals surface area contributed by atoms with E-state index in [0.717, 1.165) is 50.9 Å². The minimum absolute atomic E-state index is 0.127. The molecule has 5 fully saturated rings. The number of para-hydroxylation sites is 1. The van der Waals surface area contributed by atoms with Crippen LogP contribution in [0.3, 0.4) is 0 Å². The van der Waals surface area contributed by atoms with Crippen LogP contribution in [0.2, 0.25) is 0 Å². The molecule has 1 aromatic rings. The minimum Gasteiger partial charge on any atom is -0.496 e. The van der Waals surface area contributed by atoms with Crippen LogP contribution in [-0.2, 0) is 4.79 Å². The predicted octanol–water partition coefficient (Wildman–Crippen LogP) is 4.53. The van der Waals surface area contributed by atoms with Crippen molar-refractivity contribution >= 4 is 17.5 Å². The molecule has 4 bridgehead atoms. The number of benzene rings is 1. The molecular formula is C24H33ClN2O2. The Morgan fingerprint density at radius 2 is 1.90 bits per heavy atom. The van der Waals surface area contributed by atoms with Crippen molar-refractivity contribution in [2.24, 2.45) is 17.3 Å². The van der Waals surface area contributed by atoms with Crippen molar-refractivity contribution in [2.75, 3.05) is 26.7 Å². The molecule has 5 heteroatoms. The van der Waals surface area contributed by atoms with Crippen molar-refractivity contribution in [3.05, 3.63) is 29.8 Å². The van der Waals surface area contributed by atoms with Crippen LogP contribution in [0.5, 0.6) is 5.75 Å². The first kappa shape index (κ1) is 19.7. The van der Waals surface area contributed by atoms with Gasteiger partial charge in [-0.05, 0) is 82.4 Å². The summed E-state index contributed by atoms with van der Waals surface area (Å²) in [5, 5.41) is 3.39. The first-order valence-corrected chi connectivity index (χ1v) is 11.7. The first-order chi connectivity index (χ1) is 14.0. The number of hydrogen-bond acceptors (Lipinski definition) is 3. The van der Waals surface area contributed by atoms with Gasteiger partial charge in [0.2, 0.25) is 5.91 Å². The number of carbonyl (C=O) groups excluding carboxylic acids is 1. The van der Waals surface area contributed by atoms with Gasteiger partial charge in [0.15, 0.2) is 0 Å². The number of likely N-dealkylation sites (tertiary alicyclic amines) is 1. The van der Waals surface area contributed by atoms with Crippen LogP contribution < -0.4 is 10.1 Å². The number of hydrogen-bond donors (Lipinski definition) is 1. The van der Waals surface area contributed by atoms with E-state index in [2.05, 4.69) is 22.3 Å². The number of halogens is 1. The highest BCUT2D eigenvalue weighted by Gasteiger charge is 2.60. The Morgan fingerprint density at radius 1 is 1.21 bits per heavy atom. The third-order valence-corrected chi connectivity index (χ3v) is 8.45. The van der Waals surface area contributed by atoms with E-state index in [1.54, 1.807) is 7.11 Å². The summed E-state index contributed by atoms with van der Waals surface area (Å²) in [6.07, 6.45) is 8.88. The van der Waals surface area contributed by atoms with Crippen LogP contribution >= 0.6 is 11.6 Å². The number of ether oxygens (including phenoxy) is 1. The van der Waals surface area contributed by atoms with Crippen molar-refractivity contribution in [2.45, 2.75) is 62.3 Å². The van der Waals surface area contributed by atoms with Crippen molar-refractivity contribution in [3.63, 3.8) is 0 Å². The number of amides is 1. The minimum atomic E-state index is -0.234. The van der Waals surface area contributed by atoms with E-state index in [-0.39, 0.29) is 22.2 Å². The molecule has 4 aliphatic carbocycles. The highest BCUT2D eigenvalue weighted by atomic mass is 35.5. The van der Waals surface area contributed by atoms with E-state index in [0.29, 0.717) is 18.4 Å². The van der Waals surface area contributed by atoms with E-state index in [1.165, 1.54) is 24.8 Å². The molecule has 0 unspecified atom stereocenters. The van der Waals surface area contributed by atoms with Gasteiger partial charge in [0.1, 0.15) is 5.75 Å². The molecule has 5 aliphatic rings. The van der Waals surface area contributed by atoms with E-state index in [9.17, 15) is 4.79 Å². The SMILES string of the molecule is COc1ccccc1[C@@H](CNC(=O)C12C[C@H]3C[C@@H](CC(Cl)(C3)C1)C2)N1CCCC1. The van der Waals surface area contributed by atoms with Gasteiger partial charge in [-0.1, -0.05) is 18.2 Å². The summed E-state index contributed by atoms with van der Waals surface area (Å²) in [6.45, 7) is 2.81. The van der Waals surface area contributed by atoms with Crippen LogP contribution in [0, 0.1) is 17.3 Å². The molecule has 3 atom stereocenters. The van der Waals surface area contributed by atoms with E-state index in [4.69, 9.17) is 16.3 Å². The quantitative estimate of drug-likeness (QED) is 0.693. The second-order valence-corrected chi connectivity index (χ2v) is 10.9. The largest absolute Gasteiger partial charge is 0.496 e. The van der Waals surface area contributed by atoms with Crippen molar-refractivity contribution < 1.29 is 9.53 Å². The molecule has 0 aromatic heterocycles. The summed E-state index contributed by atoms with van der Waals surface area (Å²) in [6, 6.07) is 8.41. The summed E-state index contributed by atoms with van der Waals surface area (Å²) >= 11 is 6.96. The van der Waals surface area contributed by atoms with Gasteiger partial charge in [-0.3, -0.25) is 9.69 Å². The fourth-order valence-corrected chi connectivity index (χ4v) is 7.92. The molecule has 1 aliphatic heterocycles. The lowest BCUT2D eigenvalue weighted by Crippen LogP contribution is -2.58. The maximum atomic E-state index is 13.5. The Balaban J connectivity index is 1.34. The maximum Gasteiger partial charge on any atom is 0.226 e. The van der Waals surface area contributed by atoms with Crippen molar-refractivity contribution in [1.29, 1.82) is 0 Å². The Bertz CT molecular complexity index is 762. The Hall–Kier alpha value is -1.26. The number of rotatable bonds is 6. The van der Waals surface area contributed by atoms with Crippen LogP contribution in [0.15, 0.2) is 24.3 Å². The number of carbonyl (C=O) groups is 1. The van der Waals surface area contributed by atoms with Crippen LogP contribution in [0.1, 0.15) is 63.0 Å². The van der Waals surface area contributed by atoms with Crippen LogP contribution in [-0.4, -0.2) is 42.4 Å². The maximum absolute atomic E-state index is 13.5. The molecule has 1 N–H and O–H groups in total. The number of alkyl halides is 1. The molecule has 0 radical (unpaired) electrons. The van der Waals surface area contributed by atoms with Gasteiger partial charge in [-0.25, -0.2) is 0 Å². The van der Waals surface area contributed by atoms with Gasteiger partial charge >= 0.3 is 0 Å². The molecule has 0 spiro atoms. The number of nitrogens with zero attached hydrogens (tertiary/aromatic N) is 1. The Kier molecular flexibility index (Phi) is 5.06. The second kappa shape index (κ2) is 7.46. The lowest BCUT2D eigenvalue weighted by Gasteiger charge is -2.59. The Morgan fingerprint density at radius 3 is 2.55 bits per heavy atom. The summed E-state index contributed by atoms with van der Waals surface area (Å²) in [5.41, 5.74) is 0.943. The number of nitrogens with one attached hydrogen (secondary N) is 1. The standard InChI is InChI=1S/C24H33ClN2O2/c1-29-21-7-3-2-6-19(21)20(27-8-4-5-9-27)15-26-22(28)23-11-17-10-18(12-23)14-24(25,13-17)16-23/h2-3,6-7,17-18,20H,4-5,8-16H2,1H3,(H,26,28)/t17-,18-,20-,23?,24?/m1/s1. The molecule has 1 aromatic carbocycles. The highest BCUT2D eigenvalue weighted by Crippen LogP contribution is 2.63. The molecule has 1 amide bonds. The van der Waals surface area contributed by atoms with Crippen molar-refractivity contribution in [1.82, 2.24) is 10.2 Å². The average Bonchev–Trinajstić information content (AvgIpc) is 3.21. The zero-order valence-electron chi connectivity index (χ0n) is 17.5. The first-order valence-electron chi connectivity index (χ1n) is 11.3. The molecule has 1 saturated heterocycles. The van der Waals surface area contributed by atoms with Crippen LogP contribution in [0.4, 0.5) is 0 Å². The molecule has 1 heterocycles. The highest BCUT2D eigenvalue weighted by molar-refractivity contribution is 6.24. The molecule has 4 nitrogen and oxygen atoms in total. The monoisotopic (exact) mass is 416 g/mol. The zero-order valence-corrected chi connectivity index (χ0v) is 18.2. The lowest BCUT2D eigenvalue weighted by molar-refractivity contribution is -0.144. The van der Waals surface area contributed by atoms with Crippen molar-refractivity contribution in [3.8, 4) is 5.75 Å². The average molecular weight is 417 g/mol. The topological polar surface area (TPSA) is 41.6 Å². The van der Waals surface area contributed by atoms with Gasteiger partial charge in [0.25, 0.3) is 0 Å². The molecular weight excluding hydrogens is 384 g/mol. The molecule has 158 valence electrons. The molecule has 29 heavy (non-hydrogen) atoms. The van der Waals surface area contributed by atoms with Crippen LogP contribution in [0.25, 0.3) is 0 Å². The fraction of sp³-hybridized carbons (Fsp3) is 0.708. The van der Waals surface area contributed by atoms with E-state index in [1.807, 2.05) is 12.1 Å². The summed E-state index contributed by atoms with van der Waals surface area (Å²) < 4.78 is 5.65. The second-order valence-electron chi connectivity index (χ2n) is 10.1.